The van der Waals surface area contributed by atoms with Crippen LogP contribution in [0.1, 0.15) is 30.6 Å². The molecule has 96 valence electrons. The van der Waals surface area contributed by atoms with E-state index in [-0.39, 0.29) is 6.10 Å². The van der Waals surface area contributed by atoms with Gasteiger partial charge in [0.05, 0.1) is 9.89 Å². The first kappa shape index (κ1) is 14.0. The summed E-state index contributed by atoms with van der Waals surface area (Å²) in [5, 5.41) is 12.9. The molecule has 1 fully saturated rings. The zero-order valence-electron chi connectivity index (χ0n) is 9.59. The number of rotatable bonds is 4. The number of aliphatic hydroxyl groups excluding tert-OH is 1. The Morgan fingerprint density at radius 1 is 1.29 bits per heavy atom. The van der Waals surface area contributed by atoms with E-state index < -0.39 is 0 Å². The number of nitrogens with one attached hydrogen (secondary N) is 1. The minimum atomic E-state index is -0.0459. The van der Waals surface area contributed by atoms with E-state index in [0.29, 0.717) is 0 Å². The number of hydrogen-bond acceptors (Lipinski definition) is 3. The Balaban J connectivity index is 1.69. The lowest BCUT2D eigenvalue weighted by molar-refractivity contribution is 0.108. The summed E-state index contributed by atoms with van der Waals surface area (Å²) in [6, 6.07) is 2.16. The summed E-state index contributed by atoms with van der Waals surface area (Å²) in [5.41, 5.74) is 0. The summed E-state index contributed by atoms with van der Waals surface area (Å²) in [7, 11) is 0. The normalized spacial score (nSPS) is 25.1. The smallest absolute Gasteiger partial charge is 0.0843 e. The molecular weight excluding hydrogens is 366 g/mol. The third kappa shape index (κ3) is 4.31. The Hall–Kier alpha value is 0.580. The average Bonchev–Trinajstić information content (AvgIpc) is 2.61. The van der Waals surface area contributed by atoms with Crippen LogP contribution in [0.3, 0.4) is 0 Å². The topological polar surface area (TPSA) is 32.3 Å². The second kappa shape index (κ2) is 6.66. The molecule has 0 aliphatic heterocycles. The first-order chi connectivity index (χ1) is 8.15. The molecule has 17 heavy (non-hydrogen) atoms. The van der Waals surface area contributed by atoms with Gasteiger partial charge in [0, 0.05) is 15.9 Å². The molecule has 1 aromatic rings. The molecule has 0 aromatic carbocycles. The van der Waals surface area contributed by atoms with Gasteiger partial charge < -0.3 is 10.4 Å². The second-order valence-corrected chi connectivity index (χ2v) is 7.95. The van der Waals surface area contributed by atoms with Crippen LogP contribution in [0.4, 0.5) is 0 Å². The molecule has 5 heteroatoms. The molecule has 0 atom stereocenters. The molecule has 2 rings (SSSR count). The first-order valence-corrected chi connectivity index (χ1v) is 8.38. The highest BCUT2D eigenvalue weighted by atomic mass is 79.9. The number of hydrogen-bond donors (Lipinski definition) is 2. The molecule has 0 unspecified atom stereocenters. The van der Waals surface area contributed by atoms with E-state index >= 15 is 0 Å². The third-order valence-corrected chi connectivity index (χ3v) is 6.50. The molecule has 0 amide bonds. The molecule has 1 saturated carbocycles. The van der Waals surface area contributed by atoms with Crippen molar-refractivity contribution in [3.63, 3.8) is 0 Å². The molecule has 0 bridgehead atoms. The fourth-order valence-corrected chi connectivity index (χ4v) is 4.37. The fourth-order valence-electron chi connectivity index (χ4n) is 2.23. The maximum atomic E-state index is 9.43. The van der Waals surface area contributed by atoms with Gasteiger partial charge >= 0.3 is 0 Å². The lowest BCUT2D eigenvalue weighted by Gasteiger charge is -2.25. The molecule has 1 aliphatic carbocycles. The maximum absolute atomic E-state index is 9.43. The van der Waals surface area contributed by atoms with Crippen molar-refractivity contribution in [1.82, 2.24) is 5.32 Å². The lowest BCUT2D eigenvalue weighted by atomic mass is 9.87. The summed E-state index contributed by atoms with van der Waals surface area (Å²) >= 11 is 8.78. The van der Waals surface area contributed by atoms with E-state index in [1.54, 1.807) is 11.3 Å². The van der Waals surface area contributed by atoms with E-state index in [1.165, 1.54) is 4.88 Å². The van der Waals surface area contributed by atoms with Crippen molar-refractivity contribution in [3.8, 4) is 0 Å². The van der Waals surface area contributed by atoms with Gasteiger partial charge in [0.15, 0.2) is 0 Å². The van der Waals surface area contributed by atoms with Crippen molar-refractivity contribution >= 4 is 43.2 Å². The summed E-state index contributed by atoms with van der Waals surface area (Å²) in [6.07, 6.45) is 4.22. The van der Waals surface area contributed by atoms with Crippen LogP contribution in [-0.4, -0.2) is 17.8 Å². The van der Waals surface area contributed by atoms with E-state index in [2.05, 4.69) is 43.2 Å². The van der Waals surface area contributed by atoms with Crippen LogP contribution in [0.5, 0.6) is 0 Å². The summed E-state index contributed by atoms with van der Waals surface area (Å²) in [5.74, 6) is 0.741. The molecular formula is C12H17Br2NOS. The monoisotopic (exact) mass is 381 g/mol. The second-order valence-electron chi connectivity index (χ2n) is 4.64. The summed E-state index contributed by atoms with van der Waals surface area (Å²) in [4.78, 5) is 1.35. The standard InChI is InChI=1S/C12H17Br2NOS/c13-11-5-10(17-12(11)14)7-15-6-8-1-3-9(16)4-2-8/h5,8-9,15-16H,1-4,6-7H2. The van der Waals surface area contributed by atoms with E-state index in [1.807, 2.05) is 0 Å². The van der Waals surface area contributed by atoms with Crippen LogP contribution in [0.15, 0.2) is 14.3 Å². The van der Waals surface area contributed by atoms with Crippen LogP contribution in [0, 0.1) is 5.92 Å². The molecule has 0 radical (unpaired) electrons. The van der Waals surface area contributed by atoms with Crippen molar-refractivity contribution < 1.29 is 5.11 Å². The molecule has 2 nitrogen and oxygen atoms in total. The minimum Gasteiger partial charge on any atom is -0.393 e. The van der Waals surface area contributed by atoms with Gasteiger partial charge in [-0.15, -0.1) is 11.3 Å². The van der Waals surface area contributed by atoms with Gasteiger partial charge in [-0.3, -0.25) is 0 Å². The van der Waals surface area contributed by atoms with Crippen LogP contribution >= 0.6 is 43.2 Å². The van der Waals surface area contributed by atoms with Crippen molar-refractivity contribution in [2.45, 2.75) is 38.3 Å². The first-order valence-electron chi connectivity index (χ1n) is 5.97. The Kier molecular flexibility index (Phi) is 5.49. The highest BCUT2D eigenvalue weighted by molar-refractivity contribution is 9.13. The highest BCUT2D eigenvalue weighted by Crippen LogP contribution is 2.32. The summed E-state index contributed by atoms with van der Waals surface area (Å²) < 4.78 is 2.30. The SMILES string of the molecule is OC1CCC(CNCc2cc(Br)c(Br)s2)CC1. The van der Waals surface area contributed by atoms with Crippen LogP contribution in [-0.2, 0) is 6.54 Å². The van der Waals surface area contributed by atoms with Gasteiger partial charge in [0.25, 0.3) is 0 Å². The Morgan fingerprint density at radius 2 is 2.00 bits per heavy atom. The number of halogens is 2. The quantitative estimate of drug-likeness (QED) is 0.827. The molecule has 2 N–H and O–H groups in total. The Labute approximate surface area is 123 Å². The fraction of sp³-hybridized carbons (Fsp3) is 0.667. The third-order valence-electron chi connectivity index (χ3n) is 3.24. The zero-order valence-corrected chi connectivity index (χ0v) is 13.6. The van der Waals surface area contributed by atoms with Crippen LogP contribution < -0.4 is 5.32 Å². The lowest BCUT2D eigenvalue weighted by Crippen LogP contribution is -2.27. The van der Waals surface area contributed by atoms with Gasteiger partial charge in [-0.25, -0.2) is 0 Å². The van der Waals surface area contributed by atoms with E-state index in [0.717, 1.165) is 52.9 Å². The largest absolute Gasteiger partial charge is 0.393 e. The van der Waals surface area contributed by atoms with E-state index in [9.17, 15) is 5.11 Å². The predicted molar refractivity (Wildman–Crippen MR) is 79.4 cm³/mol. The molecule has 0 spiro atoms. The van der Waals surface area contributed by atoms with Gasteiger partial charge in [-0.2, -0.15) is 0 Å². The molecule has 1 aromatic heterocycles. The van der Waals surface area contributed by atoms with Crippen molar-refractivity contribution in [2.75, 3.05) is 6.54 Å². The van der Waals surface area contributed by atoms with Gasteiger partial charge in [0.2, 0.25) is 0 Å². The van der Waals surface area contributed by atoms with Gasteiger partial charge in [-0.05, 0) is 76.1 Å². The highest BCUT2D eigenvalue weighted by Gasteiger charge is 2.18. The van der Waals surface area contributed by atoms with Crippen molar-refractivity contribution in [3.05, 3.63) is 19.2 Å². The van der Waals surface area contributed by atoms with Crippen molar-refractivity contribution in [1.29, 1.82) is 0 Å². The minimum absolute atomic E-state index is 0.0459. The Morgan fingerprint density at radius 3 is 2.59 bits per heavy atom. The average molecular weight is 383 g/mol. The molecule has 0 saturated heterocycles. The van der Waals surface area contributed by atoms with Crippen molar-refractivity contribution in [2.24, 2.45) is 5.92 Å². The molecule has 1 aliphatic rings. The van der Waals surface area contributed by atoms with E-state index in [4.69, 9.17) is 0 Å². The zero-order chi connectivity index (χ0) is 12.3. The maximum Gasteiger partial charge on any atom is 0.0843 e. The van der Waals surface area contributed by atoms with Crippen LogP contribution in [0.25, 0.3) is 0 Å². The molecule has 1 heterocycles. The van der Waals surface area contributed by atoms with Crippen LogP contribution in [0.2, 0.25) is 0 Å². The van der Waals surface area contributed by atoms with Gasteiger partial charge in [0.1, 0.15) is 0 Å². The van der Waals surface area contributed by atoms with Gasteiger partial charge in [-0.1, -0.05) is 0 Å². The number of thiophene rings is 1. The Bertz CT molecular complexity index is 342. The predicted octanol–water partition coefficient (Wildman–Crippen LogP) is 3.91. The summed E-state index contributed by atoms with van der Waals surface area (Å²) in [6.45, 7) is 2.01. The number of aliphatic hydroxyl groups is 1.